The molecule has 0 bridgehead atoms. The van der Waals surface area contributed by atoms with E-state index in [9.17, 15) is 19.5 Å². The highest BCUT2D eigenvalue weighted by Gasteiger charge is 2.33. The molecule has 1 heterocycles. The summed E-state index contributed by atoms with van der Waals surface area (Å²) >= 11 is 0. The zero-order chi connectivity index (χ0) is 18.4. The Morgan fingerprint density at radius 2 is 2.04 bits per heavy atom. The lowest BCUT2D eigenvalue weighted by atomic mass is 10.0. The van der Waals surface area contributed by atoms with Crippen LogP contribution in [0, 0.1) is 0 Å². The Balaban J connectivity index is 2.25. The van der Waals surface area contributed by atoms with Crippen LogP contribution < -0.4 is 10.2 Å². The first-order valence-electron chi connectivity index (χ1n) is 8.54. The highest BCUT2D eigenvalue weighted by molar-refractivity contribution is 6.02. The Morgan fingerprint density at radius 3 is 2.68 bits per heavy atom. The fourth-order valence-electron chi connectivity index (χ4n) is 3.10. The number of benzene rings is 1. The van der Waals surface area contributed by atoms with Gasteiger partial charge in [0.05, 0.1) is 6.04 Å². The van der Waals surface area contributed by atoms with Crippen molar-refractivity contribution in [3.63, 3.8) is 0 Å². The van der Waals surface area contributed by atoms with Gasteiger partial charge in [-0.1, -0.05) is 38.0 Å². The number of fused-ring (bicyclic) bond motifs is 1. The third-order valence-corrected chi connectivity index (χ3v) is 4.39. The molecule has 2 atom stereocenters. The average Bonchev–Trinajstić information content (AvgIpc) is 2.70. The minimum atomic E-state index is -1.11. The molecule has 1 aliphatic rings. The van der Waals surface area contributed by atoms with Crippen molar-refractivity contribution in [1.82, 2.24) is 5.32 Å². The van der Waals surface area contributed by atoms with Gasteiger partial charge in [-0.2, -0.15) is 0 Å². The molecule has 25 heavy (non-hydrogen) atoms. The molecule has 0 aliphatic carbocycles. The van der Waals surface area contributed by atoms with Gasteiger partial charge in [0.25, 0.3) is 0 Å². The van der Waals surface area contributed by atoms with Crippen LogP contribution in [0.5, 0.6) is 0 Å². The number of para-hydroxylation sites is 1. The summed E-state index contributed by atoms with van der Waals surface area (Å²) in [5, 5.41) is 21.5. The summed E-state index contributed by atoms with van der Waals surface area (Å²) in [5.74, 6) is -2.49. The second-order valence-corrected chi connectivity index (χ2v) is 6.24. The van der Waals surface area contributed by atoms with Crippen molar-refractivity contribution in [1.29, 1.82) is 0 Å². The molecule has 1 aliphatic heterocycles. The van der Waals surface area contributed by atoms with Crippen LogP contribution in [0.15, 0.2) is 24.3 Å². The second-order valence-electron chi connectivity index (χ2n) is 6.24. The fraction of sp³-hybridized carbons (Fsp3) is 0.500. The van der Waals surface area contributed by atoms with E-state index in [0.717, 1.165) is 18.4 Å². The summed E-state index contributed by atoms with van der Waals surface area (Å²) in [5.41, 5.74) is 1.47. The van der Waals surface area contributed by atoms with Crippen LogP contribution in [0.3, 0.4) is 0 Å². The first-order chi connectivity index (χ1) is 11.9. The number of anilines is 1. The number of carbonyl (C=O) groups is 3. The van der Waals surface area contributed by atoms with E-state index in [2.05, 4.69) is 5.32 Å². The number of aryl methyl sites for hydroxylation is 1. The number of unbranched alkanes of at least 4 members (excludes halogenated alkanes) is 1. The molecule has 0 saturated heterocycles. The van der Waals surface area contributed by atoms with Crippen molar-refractivity contribution >= 4 is 23.5 Å². The van der Waals surface area contributed by atoms with Crippen LogP contribution in [0.2, 0.25) is 0 Å². The predicted octanol–water partition coefficient (Wildman–Crippen LogP) is 1.65. The van der Waals surface area contributed by atoms with Crippen molar-refractivity contribution in [3.8, 4) is 0 Å². The van der Waals surface area contributed by atoms with E-state index in [1.807, 2.05) is 19.1 Å². The number of rotatable bonds is 8. The molecular formula is C18H24N2O5. The molecule has 1 aromatic carbocycles. The summed E-state index contributed by atoms with van der Waals surface area (Å²) in [4.78, 5) is 36.8. The number of carboxylic acid groups (broad SMARTS) is 2. The van der Waals surface area contributed by atoms with Gasteiger partial charge in [-0.05, 0) is 30.9 Å². The molecule has 0 fully saturated rings. The quantitative estimate of drug-likeness (QED) is 0.659. The molecule has 0 radical (unpaired) electrons. The summed E-state index contributed by atoms with van der Waals surface area (Å²) in [7, 11) is 0. The topological polar surface area (TPSA) is 107 Å². The lowest BCUT2D eigenvalue weighted by Gasteiger charge is -2.26. The third-order valence-electron chi connectivity index (χ3n) is 4.39. The minimum absolute atomic E-state index is 0.393. The van der Waals surface area contributed by atoms with Crippen LogP contribution in [0.1, 0.15) is 38.2 Å². The van der Waals surface area contributed by atoms with Crippen LogP contribution in [-0.4, -0.2) is 46.7 Å². The Morgan fingerprint density at radius 1 is 1.32 bits per heavy atom. The number of carboxylic acids is 2. The van der Waals surface area contributed by atoms with Crippen molar-refractivity contribution in [2.45, 2.75) is 51.1 Å². The SMILES string of the molecule is CCCC[C@H](N[C@H]1CCc2ccccc2N(CC(=O)O)C1=O)C(=O)O. The molecule has 3 N–H and O–H groups in total. The van der Waals surface area contributed by atoms with Crippen LogP contribution in [0.4, 0.5) is 5.69 Å². The van der Waals surface area contributed by atoms with Gasteiger partial charge in [0.2, 0.25) is 5.91 Å². The highest BCUT2D eigenvalue weighted by atomic mass is 16.4. The molecule has 7 heteroatoms. The summed E-state index contributed by atoms with van der Waals surface area (Å²) in [6.07, 6.45) is 3.05. The van der Waals surface area contributed by atoms with Gasteiger partial charge in [0.1, 0.15) is 12.6 Å². The van der Waals surface area contributed by atoms with Crippen LogP contribution >= 0.6 is 0 Å². The largest absolute Gasteiger partial charge is 0.480 e. The van der Waals surface area contributed by atoms with Gasteiger partial charge in [-0.15, -0.1) is 0 Å². The Kier molecular flexibility index (Phi) is 6.52. The molecule has 0 aromatic heterocycles. The number of nitrogens with zero attached hydrogens (tertiary/aromatic N) is 1. The molecule has 0 unspecified atom stereocenters. The molecule has 1 aromatic rings. The molecule has 2 rings (SSSR count). The Bertz CT molecular complexity index is 646. The number of hydrogen-bond acceptors (Lipinski definition) is 4. The van der Waals surface area contributed by atoms with E-state index in [-0.39, 0.29) is 0 Å². The third kappa shape index (κ3) is 4.79. The maximum absolute atomic E-state index is 12.9. The van der Waals surface area contributed by atoms with E-state index >= 15 is 0 Å². The van der Waals surface area contributed by atoms with Crippen LogP contribution in [0.25, 0.3) is 0 Å². The Labute approximate surface area is 146 Å². The second kappa shape index (κ2) is 8.62. The number of carbonyl (C=O) groups excluding carboxylic acids is 1. The number of nitrogens with one attached hydrogen (secondary N) is 1. The van der Waals surface area contributed by atoms with Crippen molar-refractivity contribution in [3.05, 3.63) is 29.8 Å². The number of amides is 1. The van der Waals surface area contributed by atoms with E-state index in [0.29, 0.717) is 24.9 Å². The molecule has 136 valence electrons. The Hall–Kier alpha value is -2.41. The van der Waals surface area contributed by atoms with Gasteiger partial charge < -0.3 is 10.2 Å². The normalized spacial score (nSPS) is 18.4. The standard InChI is InChI=1S/C18H24N2O5/c1-2-3-7-14(18(24)25)19-13-10-9-12-6-4-5-8-15(12)20(17(13)23)11-16(21)22/h4-6,8,13-14,19H,2-3,7,9-11H2,1H3,(H,21,22)(H,24,25)/t13-,14-/m0/s1. The first kappa shape index (κ1) is 18.9. The van der Waals surface area contributed by atoms with Crippen molar-refractivity contribution in [2.75, 3.05) is 11.4 Å². The monoisotopic (exact) mass is 348 g/mol. The average molecular weight is 348 g/mol. The molecule has 0 saturated carbocycles. The number of aliphatic carboxylic acids is 2. The lowest BCUT2D eigenvalue weighted by molar-refractivity contribution is -0.140. The van der Waals surface area contributed by atoms with E-state index < -0.39 is 36.5 Å². The van der Waals surface area contributed by atoms with Gasteiger partial charge in [-0.25, -0.2) is 0 Å². The maximum atomic E-state index is 12.9. The molecule has 7 nitrogen and oxygen atoms in total. The fourth-order valence-corrected chi connectivity index (χ4v) is 3.10. The van der Waals surface area contributed by atoms with Crippen molar-refractivity contribution in [2.24, 2.45) is 0 Å². The van der Waals surface area contributed by atoms with E-state index in [1.54, 1.807) is 12.1 Å². The summed E-state index contributed by atoms with van der Waals surface area (Å²) in [6, 6.07) is 5.66. The minimum Gasteiger partial charge on any atom is -0.480 e. The predicted molar refractivity (Wildman–Crippen MR) is 92.6 cm³/mol. The summed E-state index contributed by atoms with van der Waals surface area (Å²) < 4.78 is 0. The van der Waals surface area contributed by atoms with Gasteiger partial charge in [0, 0.05) is 5.69 Å². The van der Waals surface area contributed by atoms with E-state index in [1.165, 1.54) is 4.90 Å². The zero-order valence-corrected chi connectivity index (χ0v) is 14.3. The van der Waals surface area contributed by atoms with Crippen LogP contribution in [-0.2, 0) is 20.8 Å². The highest BCUT2D eigenvalue weighted by Crippen LogP contribution is 2.27. The van der Waals surface area contributed by atoms with Gasteiger partial charge in [0.15, 0.2) is 0 Å². The van der Waals surface area contributed by atoms with Gasteiger partial charge >= 0.3 is 11.9 Å². The molecular weight excluding hydrogens is 324 g/mol. The molecule has 1 amide bonds. The number of hydrogen-bond donors (Lipinski definition) is 3. The smallest absolute Gasteiger partial charge is 0.323 e. The summed E-state index contributed by atoms with van der Waals surface area (Å²) in [6.45, 7) is 1.53. The molecule has 0 spiro atoms. The van der Waals surface area contributed by atoms with E-state index in [4.69, 9.17) is 5.11 Å². The van der Waals surface area contributed by atoms with Crippen molar-refractivity contribution < 1.29 is 24.6 Å². The van der Waals surface area contributed by atoms with Gasteiger partial charge in [-0.3, -0.25) is 24.6 Å². The zero-order valence-electron chi connectivity index (χ0n) is 14.3. The maximum Gasteiger partial charge on any atom is 0.323 e. The lowest BCUT2D eigenvalue weighted by Crippen LogP contribution is -2.52. The first-order valence-corrected chi connectivity index (χ1v) is 8.54.